The summed E-state index contributed by atoms with van der Waals surface area (Å²) in [6, 6.07) is 5.61. The number of carboxylic acid groups (broad SMARTS) is 1. The van der Waals surface area contributed by atoms with E-state index in [1.165, 1.54) is 31.3 Å². The predicted molar refractivity (Wildman–Crippen MR) is 138 cm³/mol. The van der Waals surface area contributed by atoms with Gasteiger partial charge >= 0.3 is 5.97 Å². The van der Waals surface area contributed by atoms with Crippen LogP contribution in [0.4, 0.5) is 10.3 Å². The number of aliphatic hydroxyl groups excluding tert-OH is 1. The molecule has 2 N–H and O–H groups in total. The lowest BCUT2D eigenvalue weighted by molar-refractivity contribution is -0.140. The normalized spacial score (nSPS) is 13.7. The summed E-state index contributed by atoms with van der Waals surface area (Å²) >= 11 is 0. The number of hydrogen-bond donors (Lipinski definition) is 2. The Hall–Kier alpha value is -2.93. The van der Waals surface area contributed by atoms with Gasteiger partial charge in [-0.1, -0.05) is 26.0 Å². The Kier molecular flexibility index (Phi) is 11.1. The quantitative estimate of drug-likeness (QED) is 0.273. The van der Waals surface area contributed by atoms with Gasteiger partial charge in [0.1, 0.15) is 12.6 Å². The highest BCUT2D eigenvalue weighted by Gasteiger charge is 2.23. The molecule has 0 radical (unpaired) electrons. The summed E-state index contributed by atoms with van der Waals surface area (Å²) in [5.74, 6) is -1.78. The second-order valence-electron chi connectivity index (χ2n) is 8.73. The van der Waals surface area contributed by atoms with Gasteiger partial charge in [-0.05, 0) is 37.1 Å². The Morgan fingerprint density at radius 1 is 1.22 bits per heavy atom. The van der Waals surface area contributed by atoms with Crippen molar-refractivity contribution in [3.05, 3.63) is 47.4 Å². The summed E-state index contributed by atoms with van der Waals surface area (Å²) in [6.45, 7) is 5.91. The number of rotatable bonds is 14. The highest BCUT2D eigenvalue weighted by atomic mass is 32.2. The third kappa shape index (κ3) is 9.15. The Morgan fingerprint density at radius 3 is 2.41 bits per heavy atom. The Labute approximate surface area is 216 Å². The summed E-state index contributed by atoms with van der Waals surface area (Å²) < 4.78 is 50.0. The van der Waals surface area contributed by atoms with Crippen LogP contribution in [-0.2, 0) is 24.3 Å². The fraction of sp³-hybridized carbons (Fsp3) is 0.480. The van der Waals surface area contributed by atoms with Gasteiger partial charge < -0.3 is 19.7 Å². The molecule has 37 heavy (non-hydrogen) atoms. The predicted octanol–water partition coefficient (Wildman–Crippen LogP) is 3.42. The number of anilines is 1. The van der Waals surface area contributed by atoms with Crippen molar-refractivity contribution >= 4 is 28.0 Å². The average Bonchev–Trinajstić information content (AvgIpc) is 2.81. The van der Waals surface area contributed by atoms with Crippen molar-refractivity contribution < 1.29 is 37.3 Å². The molecule has 0 spiro atoms. The van der Waals surface area contributed by atoms with Crippen LogP contribution < -0.4 is 4.31 Å². The number of ether oxygens (including phenoxy) is 2. The fourth-order valence-electron chi connectivity index (χ4n) is 3.37. The van der Waals surface area contributed by atoms with Gasteiger partial charge in [0.2, 0.25) is 16.0 Å². The van der Waals surface area contributed by atoms with Gasteiger partial charge in [-0.15, -0.1) is 0 Å². The van der Waals surface area contributed by atoms with Gasteiger partial charge in [0.25, 0.3) is 0 Å². The first-order chi connectivity index (χ1) is 17.3. The Bertz CT molecular complexity index is 1190. The first kappa shape index (κ1) is 30.3. The number of aliphatic carboxylic acids is 1. The molecule has 2 rings (SSSR count). The Morgan fingerprint density at radius 2 is 1.86 bits per heavy atom. The number of carbonyl (C=O) groups is 1. The fourth-order valence-corrected chi connectivity index (χ4v) is 3.75. The molecule has 0 aliphatic rings. The monoisotopic (exact) mass is 539 g/mol. The summed E-state index contributed by atoms with van der Waals surface area (Å²) in [6.07, 6.45) is 2.05. The standard InChI is InChI=1S/C25H34FN3O7S/c1-6-35-15-36-20(13-19(30)14-22(31)32)11-12-21-23(16(2)3)27-25(29(4)37(5,33)34)28-24(21)17-7-9-18(26)10-8-17/h7-12,16,19-20,30H,6,13-15H2,1-5H3,(H,31,32)/b12-11+. The van der Waals surface area contributed by atoms with Gasteiger partial charge in [0.15, 0.2) is 0 Å². The van der Waals surface area contributed by atoms with Crippen LogP contribution >= 0.6 is 0 Å². The number of halogens is 1. The molecule has 2 atom stereocenters. The average molecular weight is 540 g/mol. The molecule has 0 fully saturated rings. The molecule has 0 saturated carbocycles. The molecule has 10 nitrogen and oxygen atoms in total. The van der Waals surface area contributed by atoms with Crippen molar-refractivity contribution in [3.63, 3.8) is 0 Å². The number of sulfonamides is 1. The molecule has 12 heteroatoms. The zero-order valence-electron chi connectivity index (χ0n) is 21.6. The maximum atomic E-state index is 13.7. The minimum atomic E-state index is -3.66. The number of benzene rings is 1. The van der Waals surface area contributed by atoms with Crippen LogP contribution in [0.25, 0.3) is 17.3 Å². The second-order valence-corrected chi connectivity index (χ2v) is 10.7. The summed E-state index contributed by atoms with van der Waals surface area (Å²) in [7, 11) is -2.31. The maximum Gasteiger partial charge on any atom is 0.305 e. The zero-order valence-corrected chi connectivity index (χ0v) is 22.4. The van der Waals surface area contributed by atoms with Crippen LogP contribution in [0.5, 0.6) is 0 Å². The topological polar surface area (TPSA) is 139 Å². The SMILES string of the molecule is CCOCOC(/C=C/c1c(-c2ccc(F)cc2)nc(N(C)S(C)(=O)=O)nc1C(C)C)CC(O)CC(=O)O. The van der Waals surface area contributed by atoms with Gasteiger partial charge in [-0.2, -0.15) is 0 Å². The largest absolute Gasteiger partial charge is 0.481 e. The molecule has 1 heterocycles. The molecular weight excluding hydrogens is 505 g/mol. The van der Waals surface area contributed by atoms with Gasteiger partial charge in [0, 0.05) is 31.2 Å². The first-order valence-corrected chi connectivity index (χ1v) is 13.6. The molecule has 1 aromatic carbocycles. The minimum Gasteiger partial charge on any atom is -0.481 e. The smallest absolute Gasteiger partial charge is 0.305 e. The molecular formula is C25H34FN3O7S. The number of aromatic nitrogens is 2. The van der Waals surface area contributed by atoms with Crippen molar-refractivity contribution in [2.24, 2.45) is 0 Å². The van der Waals surface area contributed by atoms with E-state index in [4.69, 9.17) is 14.6 Å². The van der Waals surface area contributed by atoms with E-state index in [1.807, 2.05) is 13.8 Å². The molecule has 2 unspecified atom stereocenters. The van der Waals surface area contributed by atoms with Crippen LogP contribution in [0.3, 0.4) is 0 Å². The highest BCUT2D eigenvalue weighted by molar-refractivity contribution is 7.92. The number of hydrogen-bond acceptors (Lipinski definition) is 8. The van der Waals surface area contributed by atoms with Crippen LogP contribution in [0, 0.1) is 5.82 Å². The van der Waals surface area contributed by atoms with E-state index in [9.17, 15) is 22.7 Å². The Balaban J connectivity index is 2.64. The van der Waals surface area contributed by atoms with Crippen LogP contribution in [-0.4, -0.2) is 73.5 Å². The lowest BCUT2D eigenvalue weighted by atomic mass is 9.97. The third-order valence-electron chi connectivity index (χ3n) is 5.37. The van der Waals surface area contributed by atoms with Crippen LogP contribution in [0.2, 0.25) is 0 Å². The lowest BCUT2D eigenvalue weighted by Gasteiger charge is -2.21. The van der Waals surface area contributed by atoms with Crippen molar-refractivity contribution in [3.8, 4) is 11.3 Å². The van der Waals surface area contributed by atoms with E-state index in [0.717, 1.165) is 10.6 Å². The number of nitrogens with zero attached hydrogens (tertiary/aromatic N) is 3. The van der Waals surface area contributed by atoms with Crippen LogP contribution in [0.15, 0.2) is 30.3 Å². The molecule has 1 aromatic heterocycles. The molecule has 204 valence electrons. The number of aliphatic hydroxyl groups is 1. The van der Waals surface area contributed by atoms with Crippen molar-refractivity contribution in [1.82, 2.24) is 9.97 Å². The summed E-state index contributed by atoms with van der Waals surface area (Å²) in [4.78, 5) is 20.0. The van der Waals surface area contributed by atoms with Gasteiger partial charge in [-0.25, -0.2) is 27.1 Å². The zero-order chi connectivity index (χ0) is 27.8. The summed E-state index contributed by atoms with van der Waals surface area (Å²) in [5, 5.41) is 19.2. The van der Waals surface area contributed by atoms with E-state index in [0.29, 0.717) is 29.1 Å². The first-order valence-electron chi connectivity index (χ1n) is 11.7. The van der Waals surface area contributed by atoms with E-state index >= 15 is 0 Å². The third-order valence-corrected chi connectivity index (χ3v) is 6.53. The second kappa shape index (κ2) is 13.6. The van der Waals surface area contributed by atoms with Crippen molar-refractivity contribution in [2.75, 3.05) is 31.0 Å². The molecule has 0 amide bonds. The van der Waals surface area contributed by atoms with Crippen LogP contribution in [0.1, 0.15) is 50.8 Å². The lowest BCUT2D eigenvalue weighted by Crippen LogP contribution is -2.27. The molecule has 0 aliphatic carbocycles. The van der Waals surface area contributed by atoms with Crippen molar-refractivity contribution in [2.45, 2.75) is 51.7 Å². The van der Waals surface area contributed by atoms with E-state index in [1.54, 1.807) is 19.1 Å². The summed E-state index contributed by atoms with van der Waals surface area (Å²) in [5.41, 5.74) is 1.98. The molecule has 0 saturated heterocycles. The molecule has 0 aliphatic heterocycles. The van der Waals surface area contributed by atoms with Gasteiger partial charge in [-0.3, -0.25) is 4.79 Å². The van der Waals surface area contributed by atoms with E-state index in [-0.39, 0.29) is 25.1 Å². The molecule has 2 aromatic rings. The maximum absolute atomic E-state index is 13.7. The minimum absolute atomic E-state index is 0.00543. The van der Waals surface area contributed by atoms with Crippen molar-refractivity contribution in [1.29, 1.82) is 0 Å². The van der Waals surface area contributed by atoms with E-state index in [2.05, 4.69) is 9.97 Å². The number of carboxylic acids is 1. The highest BCUT2D eigenvalue weighted by Crippen LogP contribution is 2.32. The van der Waals surface area contributed by atoms with E-state index < -0.39 is 40.4 Å². The van der Waals surface area contributed by atoms with Gasteiger partial charge in [0.05, 0.1) is 36.3 Å². The molecule has 0 bridgehead atoms.